The van der Waals surface area contributed by atoms with Crippen LogP contribution in [0.15, 0.2) is 52.6 Å². The summed E-state index contributed by atoms with van der Waals surface area (Å²) < 4.78 is 35.0. The Morgan fingerprint density at radius 1 is 1.13 bits per heavy atom. The number of benzene rings is 2. The van der Waals surface area contributed by atoms with E-state index in [1.165, 1.54) is 18.2 Å². The van der Waals surface area contributed by atoms with Crippen molar-refractivity contribution in [1.82, 2.24) is 0 Å². The number of halogens is 4. The maximum absolute atomic E-state index is 14.7. The van der Waals surface area contributed by atoms with Crippen molar-refractivity contribution in [2.75, 3.05) is 31.7 Å². The average Bonchev–Trinajstić information content (AvgIpc) is 2.90. The normalized spacial score (nSPS) is 18.0. The highest BCUT2D eigenvalue weighted by molar-refractivity contribution is 6.45. The molecule has 0 N–H and O–H groups in total. The summed E-state index contributed by atoms with van der Waals surface area (Å²) in [5.41, 5.74) is 1.42. The molecule has 0 atom stereocenters. The molecule has 2 heterocycles. The van der Waals surface area contributed by atoms with Crippen LogP contribution in [0.2, 0.25) is 10.0 Å². The lowest BCUT2D eigenvalue weighted by atomic mass is 9.95. The summed E-state index contributed by atoms with van der Waals surface area (Å²) in [6, 6.07) is 7.11. The van der Waals surface area contributed by atoms with Crippen LogP contribution in [-0.4, -0.2) is 38.4 Å². The molecule has 0 amide bonds. The minimum Gasteiger partial charge on any atom is -0.381 e. The Morgan fingerprint density at radius 2 is 1.81 bits per heavy atom. The molecule has 2 aromatic carbocycles. The van der Waals surface area contributed by atoms with Crippen molar-refractivity contribution in [1.29, 1.82) is 0 Å². The van der Waals surface area contributed by atoms with Crippen molar-refractivity contribution in [3.63, 3.8) is 0 Å². The first kappa shape index (κ1) is 21.9. The Labute approximate surface area is 189 Å². The number of amidine groups is 1. The molecule has 0 spiro atoms. The van der Waals surface area contributed by atoms with Crippen LogP contribution >= 0.6 is 23.2 Å². The van der Waals surface area contributed by atoms with E-state index in [1.807, 2.05) is 4.90 Å². The number of ether oxygens (including phenoxy) is 1. The summed E-state index contributed by atoms with van der Waals surface area (Å²) in [5, 5.41) is 0.432. The van der Waals surface area contributed by atoms with Gasteiger partial charge in [0.2, 0.25) is 0 Å². The van der Waals surface area contributed by atoms with Crippen LogP contribution in [0.25, 0.3) is 0 Å². The molecular formula is C23H21Cl2F2N3O. The van der Waals surface area contributed by atoms with Crippen molar-refractivity contribution in [2.24, 2.45) is 15.9 Å². The van der Waals surface area contributed by atoms with Crippen molar-refractivity contribution < 1.29 is 13.5 Å². The summed E-state index contributed by atoms with van der Waals surface area (Å²) in [4.78, 5) is 11.0. The zero-order chi connectivity index (χ0) is 22.1. The number of anilines is 1. The van der Waals surface area contributed by atoms with Crippen LogP contribution in [0.1, 0.15) is 24.0 Å². The molecule has 1 fully saturated rings. The molecule has 4 rings (SSSR count). The van der Waals surface area contributed by atoms with Gasteiger partial charge in [0.15, 0.2) is 0 Å². The third-order valence-electron chi connectivity index (χ3n) is 5.53. The second-order valence-corrected chi connectivity index (χ2v) is 8.17. The predicted octanol–water partition coefficient (Wildman–Crippen LogP) is 5.90. The molecule has 0 aliphatic carbocycles. The second-order valence-electron chi connectivity index (χ2n) is 7.39. The van der Waals surface area contributed by atoms with Crippen molar-refractivity contribution in [2.45, 2.75) is 12.8 Å². The number of benzodiazepines with no additional fused rings is 1. The summed E-state index contributed by atoms with van der Waals surface area (Å²) in [5.74, 6) is -0.523. The van der Waals surface area contributed by atoms with Gasteiger partial charge in [0.1, 0.15) is 17.5 Å². The molecule has 0 unspecified atom stereocenters. The summed E-state index contributed by atoms with van der Waals surface area (Å²) in [7, 11) is 1.72. The van der Waals surface area contributed by atoms with Gasteiger partial charge in [-0.2, -0.15) is 0 Å². The van der Waals surface area contributed by atoms with E-state index in [0.717, 1.165) is 18.7 Å². The van der Waals surface area contributed by atoms with E-state index in [2.05, 4.69) is 16.6 Å². The highest BCUT2D eigenvalue weighted by atomic mass is 35.5. The molecule has 2 aliphatic heterocycles. The van der Waals surface area contributed by atoms with E-state index >= 15 is 0 Å². The van der Waals surface area contributed by atoms with Crippen molar-refractivity contribution in [3.05, 3.63) is 75.4 Å². The second kappa shape index (κ2) is 9.07. The quantitative estimate of drug-likeness (QED) is 0.410. The fraction of sp³-hybridized carbons (Fsp3) is 0.304. The van der Waals surface area contributed by atoms with Crippen LogP contribution in [-0.2, 0) is 4.74 Å². The number of aliphatic imine (C=N–C) groups is 2. The maximum Gasteiger partial charge on any atom is 0.135 e. The van der Waals surface area contributed by atoms with Crippen molar-refractivity contribution >= 4 is 40.4 Å². The van der Waals surface area contributed by atoms with Gasteiger partial charge in [0.05, 0.1) is 33.6 Å². The lowest BCUT2D eigenvalue weighted by Gasteiger charge is -2.34. The minimum atomic E-state index is -0.728. The summed E-state index contributed by atoms with van der Waals surface area (Å²) in [6.45, 7) is 5.58. The van der Waals surface area contributed by atoms with Crippen molar-refractivity contribution in [3.8, 4) is 0 Å². The number of hydrogen-bond donors (Lipinski definition) is 0. The van der Waals surface area contributed by atoms with E-state index in [0.29, 0.717) is 30.2 Å². The first-order valence-corrected chi connectivity index (χ1v) is 10.7. The maximum atomic E-state index is 14.7. The lowest BCUT2D eigenvalue weighted by Crippen LogP contribution is -2.39. The molecule has 162 valence electrons. The van der Waals surface area contributed by atoms with E-state index in [1.54, 1.807) is 19.2 Å². The van der Waals surface area contributed by atoms with Crippen LogP contribution in [0.4, 0.5) is 14.5 Å². The summed E-state index contributed by atoms with van der Waals surface area (Å²) >= 11 is 12.9. The van der Waals surface area contributed by atoms with Gasteiger partial charge < -0.3 is 9.64 Å². The Kier molecular flexibility index (Phi) is 6.42. The zero-order valence-electron chi connectivity index (χ0n) is 17.0. The highest BCUT2D eigenvalue weighted by Gasteiger charge is 2.33. The van der Waals surface area contributed by atoms with E-state index < -0.39 is 11.6 Å². The van der Waals surface area contributed by atoms with Crippen LogP contribution in [0.3, 0.4) is 0 Å². The summed E-state index contributed by atoms with van der Waals surface area (Å²) in [6.07, 6.45) is 1.62. The molecule has 8 heteroatoms. The predicted molar refractivity (Wildman–Crippen MR) is 122 cm³/mol. The van der Waals surface area contributed by atoms with Gasteiger partial charge in [-0.1, -0.05) is 35.8 Å². The molecule has 0 bridgehead atoms. The Hall–Kier alpha value is -2.28. The monoisotopic (exact) mass is 463 g/mol. The van der Waals surface area contributed by atoms with E-state index in [-0.39, 0.29) is 33.8 Å². The molecule has 2 aliphatic rings. The third kappa shape index (κ3) is 4.00. The fourth-order valence-electron chi connectivity index (χ4n) is 4.08. The molecule has 0 radical (unpaired) electrons. The van der Waals surface area contributed by atoms with Crippen LogP contribution in [0, 0.1) is 17.6 Å². The highest BCUT2D eigenvalue weighted by Crippen LogP contribution is 2.40. The molecule has 0 saturated carbocycles. The fourth-order valence-corrected chi connectivity index (χ4v) is 4.48. The number of fused-ring (bicyclic) bond motifs is 1. The standard InChI is InChI=1S/C23H21Cl2F2N3O/c1-13-12-29-22(19-16(26)4-3-5-17(19)27)20-18(7-6-15(24)21(20)25)30(13)23(28-2)14-8-10-31-11-9-14/h3-7,14H,1,8-12H2,2H3/b28-23-. The zero-order valence-corrected chi connectivity index (χ0v) is 18.5. The topological polar surface area (TPSA) is 37.2 Å². The number of nitrogens with zero attached hydrogens (tertiary/aromatic N) is 3. The van der Waals surface area contributed by atoms with Gasteiger partial charge >= 0.3 is 0 Å². The Bertz CT molecular complexity index is 1070. The van der Waals surface area contributed by atoms with Gasteiger partial charge in [0.25, 0.3) is 0 Å². The molecule has 4 nitrogen and oxygen atoms in total. The molecular weight excluding hydrogens is 443 g/mol. The third-order valence-corrected chi connectivity index (χ3v) is 6.33. The van der Waals surface area contributed by atoms with Crippen LogP contribution in [0.5, 0.6) is 0 Å². The van der Waals surface area contributed by atoms with Gasteiger partial charge in [-0.25, -0.2) is 8.78 Å². The molecule has 0 aromatic heterocycles. The lowest BCUT2D eigenvalue weighted by molar-refractivity contribution is 0.0825. The van der Waals surface area contributed by atoms with Gasteiger partial charge in [-0.05, 0) is 37.1 Å². The molecule has 1 saturated heterocycles. The minimum absolute atomic E-state index is 0.101. The van der Waals surface area contributed by atoms with Gasteiger partial charge in [-0.15, -0.1) is 0 Å². The molecule has 31 heavy (non-hydrogen) atoms. The number of rotatable bonds is 2. The Balaban J connectivity index is 1.94. The van der Waals surface area contributed by atoms with Gasteiger partial charge in [-0.3, -0.25) is 9.98 Å². The molecule has 2 aromatic rings. The SMILES string of the molecule is C=C1CN=C(c2c(F)cccc2F)c2c(ccc(Cl)c2Cl)N1/C(=N\C)C1CCOCC1. The van der Waals surface area contributed by atoms with E-state index in [4.69, 9.17) is 27.9 Å². The number of hydrogen-bond acceptors (Lipinski definition) is 3. The Morgan fingerprint density at radius 3 is 2.45 bits per heavy atom. The first-order chi connectivity index (χ1) is 14.9. The van der Waals surface area contributed by atoms with Crippen LogP contribution < -0.4 is 4.90 Å². The average molecular weight is 464 g/mol. The largest absolute Gasteiger partial charge is 0.381 e. The smallest absolute Gasteiger partial charge is 0.135 e. The van der Waals surface area contributed by atoms with E-state index in [9.17, 15) is 8.78 Å². The van der Waals surface area contributed by atoms with Gasteiger partial charge in [0, 0.05) is 37.4 Å². The first-order valence-electron chi connectivity index (χ1n) is 9.93.